The Morgan fingerprint density at radius 3 is 2.26 bits per heavy atom. The number of carbonyl (C=O) groups excluding carboxylic acids is 1. The van der Waals surface area contributed by atoms with Gasteiger partial charge in [0.05, 0.1) is 22.4 Å². The Kier molecular flexibility index (Phi) is 14.1. The lowest BCUT2D eigenvalue weighted by atomic mass is 9.79. The van der Waals surface area contributed by atoms with Crippen LogP contribution in [0.5, 0.6) is 0 Å². The first-order valence-corrected chi connectivity index (χ1v) is 17.8. The number of pyridine rings is 1. The molecule has 3 aromatic rings. The number of carboxylic acid groups (broad SMARTS) is 1. The minimum atomic E-state index is -4.67. The molecular weight excluding hydrogens is 709 g/mol. The molecule has 53 heavy (non-hydrogen) atoms. The number of alkyl halides is 7. The van der Waals surface area contributed by atoms with E-state index >= 15 is 0 Å². The number of fused-ring (bicyclic) bond motifs is 2. The van der Waals surface area contributed by atoms with Crippen LogP contribution in [0.1, 0.15) is 66.3 Å². The summed E-state index contributed by atoms with van der Waals surface area (Å²) in [6.45, 7) is 1.66. The monoisotopic (exact) mass is 756 g/mol. The first-order chi connectivity index (χ1) is 25.0. The molecule has 2 saturated heterocycles. The Morgan fingerprint density at radius 1 is 1.00 bits per heavy atom. The zero-order valence-electron chi connectivity index (χ0n) is 29.9. The van der Waals surface area contributed by atoms with E-state index in [2.05, 4.69) is 22.8 Å². The minimum Gasteiger partial charge on any atom is -0.481 e. The van der Waals surface area contributed by atoms with Crippen molar-refractivity contribution in [2.75, 3.05) is 39.9 Å². The highest BCUT2D eigenvalue weighted by molar-refractivity contribution is 5.84. The van der Waals surface area contributed by atoms with Gasteiger partial charge in [-0.3, -0.25) is 19.3 Å². The number of nitrogens with one attached hydrogen (secondary N) is 2. The Balaban J connectivity index is 0.000000201. The van der Waals surface area contributed by atoms with Crippen molar-refractivity contribution in [1.29, 1.82) is 0 Å². The van der Waals surface area contributed by atoms with Gasteiger partial charge in [-0.25, -0.2) is 4.39 Å². The first-order valence-electron chi connectivity index (χ1n) is 17.8. The van der Waals surface area contributed by atoms with Gasteiger partial charge < -0.3 is 20.3 Å². The van der Waals surface area contributed by atoms with Crippen molar-refractivity contribution >= 4 is 22.8 Å². The fraction of sp³-hybridized carbons (Fsp3) is 0.553. The lowest BCUT2D eigenvalue weighted by molar-refractivity contribution is -0.185. The molecule has 0 bridgehead atoms. The maximum Gasteiger partial charge on any atom is 0.417 e. The molecule has 3 N–H and O–H groups in total. The van der Waals surface area contributed by atoms with E-state index in [4.69, 9.17) is 5.11 Å². The van der Waals surface area contributed by atoms with Crippen molar-refractivity contribution in [3.05, 3.63) is 80.6 Å². The largest absolute Gasteiger partial charge is 0.481 e. The summed E-state index contributed by atoms with van der Waals surface area (Å²) < 4.78 is 92.0. The number of nitrogens with zero attached hydrogens (tertiary/aromatic N) is 2. The third-order valence-corrected chi connectivity index (χ3v) is 10.4. The summed E-state index contributed by atoms with van der Waals surface area (Å²) in [5.74, 6) is -2.19. The molecule has 2 aliphatic heterocycles. The molecule has 0 unspecified atom stereocenters. The molecule has 3 aliphatic rings. The molecule has 15 heteroatoms. The van der Waals surface area contributed by atoms with Gasteiger partial charge in [-0.15, -0.1) is 0 Å². The number of carbonyl (C=O) groups is 2. The highest BCUT2D eigenvalue weighted by atomic mass is 19.4. The highest BCUT2D eigenvalue weighted by Gasteiger charge is 2.41. The summed E-state index contributed by atoms with van der Waals surface area (Å²) in [5.41, 5.74) is 2.30. The van der Waals surface area contributed by atoms with Crippen LogP contribution in [0.2, 0.25) is 0 Å². The second-order valence-electron chi connectivity index (χ2n) is 13.9. The minimum absolute atomic E-state index is 0.0145. The zero-order chi connectivity index (χ0) is 39.0. The average Bonchev–Trinajstić information content (AvgIpc) is 3.62. The third-order valence-electron chi connectivity index (χ3n) is 10.4. The van der Waals surface area contributed by atoms with E-state index in [-0.39, 0.29) is 55.7 Å². The Hall–Kier alpha value is -3.98. The standard InChI is InChI=1S/C18H18F6N2O.C12H14O2.C8H15FN2O/c1-25-15-3-2-11(8-13(15)14(9-16(25)27)18(22,23)24)10-26-6-4-12(5-7-26)17(19,20)21;13-12(14)8-7-10-4-1-3-9-5-2-6-11(9)10;1-10-7(12)8(6-9)2-4-11-5-3-8/h2-3,8-9,12H,4-7,10H2,1H3;1,3-4H,2,5-8H2,(H,13,14);11H,2-6H2,1H3,(H,10,12). The van der Waals surface area contributed by atoms with Gasteiger partial charge in [-0.05, 0) is 112 Å². The van der Waals surface area contributed by atoms with Crippen LogP contribution < -0.4 is 16.2 Å². The highest BCUT2D eigenvalue weighted by Crippen LogP contribution is 2.36. The first kappa shape index (κ1) is 41.8. The molecule has 0 radical (unpaired) electrons. The number of piperidine rings is 2. The van der Waals surface area contributed by atoms with Gasteiger partial charge in [0.1, 0.15) is 6.67 Å². The number of benzene rings is 2. The predicted octanol–water partition coefficient (Wildman–Crippen LogP) is 6.60. The van der Waals surface area contributed by atoms with Gasteiger partial charge >= 0.3 is 18.3 Å². The summed E-state index contributed by atoms with van der Waals surface area (Å²) in [6, 6.07) is 11.3. The van der Waals surface area contributed by atoms with Crippen LogP contribution >= 0.6 is 0 Å². The van der Waals surface area contributed by atoms with Crippen LogP contribution in [-0.4, -0.2) is 72.5 Å². The molecule has 8 nitrogen and oxygen atoms in total. The van der Waals surface area contributed by atoms with Gasteiger partial charge in [0.25, 0.3) is 5.56 Å². The normalized spacial score (nSPS) is 17.6. The van der Waals surface area contributed by atoms with E-state index in [0.717, 1.165) is 30.5 Å². The van der Waals surface area contributed by atoms with Gasteiger partial charge in [-0.1, -0.05) is 24.3 Å². The lowest BCUT2D eigenvalue weighted by Crippen LogP contribution is -2.48. The smallest absolute Gasteiger partial charge is 0.417 e. The van der Waals surface area contributed by atoms with E-state index in [9.17, 15) is 45.1 Å². The number of carboxylic acids is 1. The quantitative estimate of drug-likeness (QED) is 0.235. The molecule has 2 aromatic carbocycles. The summed E-state index contributed by atoms with van der Waals surface area (Å²) >= 11 is 0. The average molecular weight is 757 g/mol. The summed E-state index contributed by atoms with van der Waals surface area (Å²) in [4.78, 5) is 35.4. The molecule has 292 valence electrons. The van der Waals surface area contributed by atoms with Crippen LogP contribution in [0.3, 0.4) is 0 Å². The summed E-state index contributed by atoms with van der Waals surface area (Å²) in [6.07, 6.45) is -3.27. The van der Waals surface area contributed by atoms with E-state index in [1.807, 2.05) is 6.07 Å². The van der Waals surface area contributed by atoms with E-state index in [0.29, 0.717) is 30.9 Å². The van der Waals surface area contributed by atoms with E-state index in [1.54, 1.807) is 18.0 Å². The molecule has 1 aliphatic carbocycles. The molecule has 1 amide bonds. The summed E-state index contributed by atoms with van der Waals surface area (Å²) in [5, 5.41) is 14.2. The van der Waals surface area contributed by atoms with Gasteiger partial charge in [0, 0.05) is 38.5 Å². The van der Waals surface area contributed by atoms with Gasteiger partial charge in [-0.2, -0.15) is 26.3 Å². The van der Waals surface area contributed by atoms with Crippen molar-refractivity contribution in [2.24, 2.45) is 18.4 Å². The molecule has 3 heterocycles. The van der Waals surface area contributed by atoms with Crippen LogP contribution in [0, 0.1) is 11.3 Å². The number of rotatable bonds is 7. The number of aliphatic carboxylic acids is 1. The molecule has 6 rings (SSSR count). The molecular formula is C38H47F7N4O4. The number of halogens is 7. The topological polar surface area (TPSA) is 104 Å². The van der Waals surface area contributed by atoms with Crippen LogP contribution in [0.15, 0.2) is 47.3 Å². The lowest BCUT2D eigenvalue weighted by Gasteiger charge is -2.33. The Bertz CT molecular complexity index is 1780. The van der Waals surface area contributed by atoms with Crippen molar-refractivity contribution in [1.82, 2.24) is 20.1 Å². The number of amides is 1. The Morgan fingerprint density at radius 2 is 1.68 bits per heavy atom. The molecule has 0 atom stereocenters. The molecule has 1 aromatic heterocycles. The maximum absolute atomic E-state index is 13.3. The molecule has 0 spiro atoms. The predicted molar refractivity (Wildman–Crippen MR) is 187 cm³/mol. The maximum atomic E-state index is 13.3. The fourth-order valence-electron chi connectivity index (χ4n) is 7.28. The fourth-order valence-corrected chi connectivity index (χ4v) is 7.28. The number of likely N-dealkylation sites (tertiary alicyclic amines) is 1. The SMILES string of the molecule is CNC(=O)C1(CF)CCNCC1.Cn1c(=O)cc(C(F)(F)F)c2cc(CN3CCC(C(F)(F)F)CC3)ccc21.O=C(O)CCc1cccc2c1CCC2. The second kappa shape index (κ2) is 17.9. The van der Waals surface area contributed by atoms with Crippen LogP contribution in [0.25, 0.3) is 10.9 Å². The number of hydrogen-bond acceptors (Lipinski definition) is 5. The zero-order valence-corrected chi connectivity index (χ0v) is 29.9. The Labute approximate surface area is 303 Å². The van der Waals surface area contributed by atoms with Gasteiger partial charge in [0.15, 0.2) is 0 Å². The summed E-state index contributed by atoms with van der Waals surface area (Å²) in [7, 11) is 2.95. The number of aromatic nitrogens is 1. The van der Waals surface area contributed by atoms with Gasteiger partial charge in [0.2, 0.25) is 5.91 Å². The van der Waals surface area contributed by atoms with Crippen molar-refractivity contribution in [3.63, 3.8) is 0 Å². The van der Waals surface area contributed by atoms with Crippen LogP contribution in [-0.2, 0) is 48.6 Å². The van der Waals surface area contributed by atoms with Crippen molar-refractivity contribution in [2.45, 2.75) is 76.7 Å². The number of hydrogen-bond donors (Lipinski definition) is 3. The number of aryl methyl sites for hydroxylation is 3. The van der Waals surface area contributed by atoms with Crippen molar-refractivity contribution in [3.8, 4) is 0 Å². The second-order valence-corrected chi connectivity index (χ2v) is 13.9. The van der Waals surface area contributed by atoms with Crippen molar-refractivity contribution < 1.29 is 45.4 Å². The van der Waals surface area contributed by atoms with Crippen LogP contribution in [0.4, 0.5) is 30.7 Å². The van der Waals surface area contributed by atoms with E-state index < -0.39 is 47.5 Å². The van der Waals surface area contributed by atoms with E-state index in [1.165, 1.54) is 42.3 Å². The third kappa shape index (κ3) is 10.8. The molecule has 2 fully saturated rings. The molecule has 0 saturated carbocycles.